The van der Waals surface area contributed by atoms with Crippen molar-refractivity contribution in [2.45, 2.75) is 129 Å². The molecule has 0 bridgehead atoms. The number of rotatable bonds is 8. The van der Waals surface area contributed by atoms with Crippen molar-refractivity contribution >= 4 is 44.3 Å². The summed E-state index contributed by atoms with van der Waals surface area (Å²) < 4.78 is 0. The molecule has 0 radical (unpaired) electrons. The van der Waals surface area contributed by atoms with Crippen molar-refractivity contribution in [3.8, 4) is 66.8 Å². The first-order valence-electron chi connectivity index (χ1n) is 32.0. The Kier molecular flexibility index (Phi) is 12.6. The van der Waals surface area contributed by atoms with Gasteiger partial charge in [0.1, 0.15) is 0 Å². The molecule has 0 N–H and O–H groups in total. The van der Waals surface area contributed by atoms with Crippen LogP contribution in [0, 0.1) is 10.8 Å². The molecular formula is C84H80N2. The average molecular weight is 1120 g/mol. The second kappa shape index (κ2) is 20.1. The number of hydrogen-bond donors (Lipinski definition) is 0. The standard InChI is InChI=1S/C84H80N2/c1-79(2,3)83-51-23-21-49-81(83,7)73-55-65(43-47-75(73)85(83)67-29-17-11-18-30-67)63-41-45-69-71(53-63)77(61-37-33-59(34-38-61)57-25-13-9-14-26-57)70-46-42-64(54-72(70)78(69)62-39-35-60(36-40-62)58-27-15-10-16-28-58)66-44-48-76-74(56-66)82(8)50-22-24-52-84(82,80(4,5)6)86(76)68-31-19-12-20-32-68/h9-20,25-48,53-56H,21-24,49-52H2,1-8H3. The molecule has 0 spiro atoms. The van der Waals surface area contributed by atoms with Crippen molar-refractivity contribution in [1.29, 1.82) is 0 Å². The van der Waals surface area contributed by atoms with Gasteiger partial charge in [-0.2, -0.15) is 0 Å². The molecule has 15 rings (SSSR count). The SMILES string of the molecule is CC(C)(C)C12CCCCC1(C)c1cc(-c3ccc4c(-c5ccc(-c6ccccc6)cc5)c5cc(-c6ccc7c(c6)C6(C)CCCCC6(C(C)(C)C)N7c6ccccc6)ccc5c(-c5ccc(-c6ccccc6)cc5)c4c3)ccc1N2c1ccccc1. The Morgan fingerprint density at radius 3 is 0.930 bits per heavy atom. The van der Waals surface area contributed by atoms with Crippen molar-refractivity contribution in [2.75, 3.05) is 9.80 Å². The van der Waals surface area contributed by atoms with Crippen LogP contribution in [0.25, 0.3) is 88.3 Å². The summed E-state index contributed by atoms with van der Waals surface area (Å²) in [6.45, 7) is 20.2. The molecule has 2 aliphatic carbocycles. The highest BCUT2D eigenvalue weighted by Crippen LogP contribution is 2.68. The van der Waals surface area contributed by atoms with Gasteiger partial charge in [-0.25, -0.2) is 0 Å². The maximum Gasteiger partial charge on any atom is 0.0594 e. The molecule has 4 atom stereocenters. The average Bonchev–Trinajstić information content (AvgIpc) is 1.54. The Bertz CT molecular complexity index is 4090. The lowest BCUT2D eigenvalue weighted by Crippen LogP contribution is -2.64. The zero-order valence-electron chi connectivity index (χ0n) is 51.6. The molecular weight excluding hydrogens is 1040 g/mol. The van der Waals surface area contributed by atoms with Crippen LogP contribution in [0.4, 0.5) is 22.7 Å². The first-order chi connectivity index (χ1) is 41.6. The van der Waals surface area contributed by atoms with E-state index >= 15 is 0 Å². The molecule has 2 aliphatic heterocycles. The smallest absolute Gasteiger partial charge is 0.0594 e. The quantitative estimate of drug-likeness (QED) is 0.140. The third kappa shape index (κ3) is 7.97. The number of hydrogen-bond acceptors (Lipinski definition) is 2. The molecule has 4 unspecified atom stereocenters. The van der Waals surface area contributed by atoms with E-state index in [9.17, 15) is 0 Å². The van der Waals surface area contributed by atoms with E-state index in [1.165, 1.54) is 161 Å². The van der Waals surface area contributed by atoms with Crippen molar-refractivity contribution in [1.82, 2.24) is 0 Å². The van der Waals surface area contributed by atoms with E-state index in [2.05, 4.69) is 308 Å². The summed E-state index contributed by atoms with van der Waals surface area (Å²) in [5.41, 5.74) is 22.9. The second-order valence-electron chi connectivity index (χ2n) is 28.3. The molecule has 0 amide bonds. The predicted molar refractivity (Wildman–Crippen MR) is 367 cm³/mol. The van der Waals surface area contributed by atoms with Gasteiger partial charge in [-0.15, -0.1) is 0 Å². The molecule has 2 nitrogen and oxygen atoms in total. The zero-order valence-corrected chi connectivity index (χ0v) is 51.6. The summed E-state index contributed by atoms with van der Waals surface area (Å²) in [6.07, 6.45) is 9.61. The summed E-state index contributed by atoms with van der Waals surface area (Å²) in [5, 5.41) is 5.04. The predicted octanol–water partition coefficient (Wildman–Crippen LogP) is 23.5. The van der Waals surface area contributed by atoms with E-state index < -0.39 is 0 Å². The van der Waals surface area contributed by atoms with Gasteiger partial charge >= 0.3 is 0 Å². The van der Waals surface area contributed by atoms with Crippen LogP contribution in [0.15, 0.2) is 243 Å². The normalized spacial score (nSPS) is 21.7. The largest absolute Gasteiger partial charge is 0.334 e. The summed E-state index contributed by atoms with van der Waals surface area (Å²) in [7, 11) is 0. The number of para-hydroxylation sites is 2. The molecule has 2 heterocycles. The number of fused-ring (bicyclic) bond motifs is 8. The molecule has 2 fully saturated rings. The summed E-state index contributed by atoms with van der Waals surface area (Å²) in [6, 6.07) is 92.9. The lowest BCUT2D eigenvalue weighted by Gasteiger charge is -2.59. The maximum atomic E-state index is 2.77. The van der Waals surface area contributed by atoms with Gasteiger partial charge in [-0.3, -0.25) is 0 Å². The third-order valence-corrected chi connectivity index (χ3v) is 22.0. The number of nitrogens with zero attached hydrogens (tertiary/aromatic N) is 2. The van der Waals surface area contributed by atoms with Crippen LogP contribution in [-0.4, -0.2) is 11.1 Å². The lowest BCUT2D eigenvalue weighted by molar-refractivity contribution is 0.0607. The zero-order chi connectivity index (χ0) is 58.8. The van der Waals surface area contributed by atoms with E-state index in [0.717, 1.165) is 12.8 Å². The summed E-state index contributed by atoms with van der Waals surface area (Å²) in [4.78, 5) is 5.55. The minimum Gasteiger partial charge on any atom is -0.334 e. The fraction of sp³-hybridized carbons (Fsp3) is 0.262. The van der Waals surface area contributed by atoms with E-state index in [0.29, 0.717) is 0 Å². The number of benzene rings is 11. The van der Waals surface area contributed by atoms with Crippen molar-refractivity contribution in [3.63, 3.8) is 0 Å². The molecule has 0 saturated heterocycles. The Balaban J connectivity index is 0.964. The maximum absolute atomic E-state index is 2.77. The Morgan fingerprint density at radius 1 is 0.279 bits per heavy atom. The molecule has 86 heavy (non-hydrogen) atoms. The van der Waals surface area contributed by atoms with Gasteiger partial charge in [0.2, 0.25) is 0 Å². The number of anilines is 4. The first kappa shape index (κ1) is 54.2. The van der Waals surface area contributed by atoms with Crippen molar-refractivity contribution < 1.29 is 0 Å². The van der Waals surface area contributed by atoms with E-state index in [4.69, 9.17) is 0 Å². The lowest BCUT2D eigenvalue weighted by atomic mass is 9.52. The van der Waals surface area contributed by atoms with Gasteiger partial charge in [0.15, 0.2) is 0 Å². The van der Waals surface area contributed by atoms with Crippen LogP contribution in [0.3, 0.4) is 0 Å². The van der Waals surface area contributed by atoms with E-state index in [1.54, 1.807) is 0 Å². The van der Waals surface area contributed by atoms with Crippen LogP contribution in [0.1, 0.15) is 118 Å². The van der Waals surface area contributed by atoms with Crippen molar-refractivity contribution in [3.05, 3.63) is 254 Å². The van der Waals surface area contributed by atoms with E-state index in [-0.39, 0.29) is 32.7 Å². The highest BCUT2D eigenvalue weighted by molar-refractivity contribution is 6.22. The van der Waals surface area contributed by atoms with Gasteiger partial charge in [-0.1, -0.05) is 263 Å². The van der Waals surface area contributed by atoms with Crippen LogP contribution >= 0.6 is 0 Å². The van der Waals surface area contributed by atoms with Crippen LogP contribution < -0.4 is 9.80 Å². The van der Waals surface area contributed by atoms with Gasteiger partial charge in [0.05, 0.1) is 11.1 Å². The highest BCUT2D eigenvalue weighted by Gasteiger charge is 2.66. The molecule has 11 aromatic rings. The third-order valence-electron chi connectivity index (χ3n) is 22.0. The van der Waals surface area contributed by atoms with Crippen LogP contribution in [0.2, 0.25) is 0 Å². The molecule has 0 aromatic heterocycles. The minimum absolute atomic E-state index is 0.0115. The van der Waals surface area contributed by atoms with Crippen LogP contribution in [0.5, 0.6) is 0 Å². The second-order valence-corrected chi connectivity index (χ2v) is 28.3. The molecule has 4 aliphatic rings. The van der Waals surface area contributed by atoms with Gasteiger partial charge in [0.25, 0.3) is 0 Å². The molecule has 426 valence electrons. The van der Waals surface area contributed by atoms with Crippen molar-refractivity contribution in [2.24, 2.45) is 10.8 Å². The van der Waals surface area contributed by atoms with Gasteiger partial charge in [-0.05, 0) is 197 Å². The first-order valence-corrected chi connectivity index (χ1v) is 32.0. The summed E-state index contributed by atoms with van der Waals surface area (Å²) in [5.74, 6) is 0. The molecule has 11 aromatic carbocycles. The Labute approximate surface area is 511 Å². The highest BCUT2D eigenvalue weighted by atomic mass is 15.3. The fourth-order valence-corrected chi connectivity index (χ4v) is 18.3. The monoisotopic (exact) mass is 1120 g/mol. The van der Waals surface area contributed by atoms with Gasteiger partial charge in [0, 0.05) is 33.6 Å². The van der Waals surface area contributed by atoms with E-state index in [1.807, 2.05) is 0 Å². The Hall–Kier alpha value is -8.46. The topological polar surface area (TPSA) is 6.48 Å². The fourth-order valence-electron chi connectivity index (χ4n) is 18.3. The molecule has 2 heteroatoms. The Morgan fingerprint density at radius 2 is 0.570 bits per heavy atom. The minimum atomic E-state index is -0.0844. The van der Waals surface area contributed by atoms with Gasteiger partial charge < -0.3 is 9.80 Å². The molecule has 2 saturated carbocycles. The van der Waals surface area contributed by atoms with Crippen LogP contribution in [-0.2, 0) is 10.8 Å². The summed E-state index contributed by atoms with van der Waals surface area (Å²) >= 11 is 0.